The van der Waals surface area contributed by atoms with E-state index in [2.05, 4.69) is 36.1 Å². The Bertz CT molecular complexity index is 974. The van der Waals surface area contributed by atoms with Crippen LogP contribution in [0, 0.1) is 0 Å². The third kappa shape index (κ3) is 4.18. The van der Waals surface area contributed by atoms with Gasteiger partial charge >= 0.3 is 0 Å². The molecule has 2 aliphatic heterocycles. The molecule has 2 aliphatic rings. The second-order valence-corrected chi connectivity index (χ2v) is 10.7. The number of benzene rings is 2. The molecule has 0 N–H and O–H groups in total. The minimum Gasteiger partial charge on any atom is -0.317 e. The lowest BCUT2D eigenvalue weighted by molar-refractivity contribution is 0.601. The minimum atomic E-state index is -2.96. The zero-order chi connectivity index (χ0) is 19.0. The average molecular weight is 421 g/mol. The fourth-order valence-corrected chi connectivity index (χ4v) is 7.46. The molecule has 0 spiro atoms. The van der Waals surface area contributed by atoms with E-state index in [0.29, 0.717) is 11.6 Å². The van der Waals surface area contributed by atoms with Crippen molar-refractivity contribution in [2.45, 2.75) is 31.2 Å². The summed E-state index contributed by atoms with van der Waals surface area (Å²) in [6.45, 7) is 2.78. The lowest BCUT2D eigenvalue weighted by atomic mass is 10.1. The number of rotatable bonds is 4. The fraction of sp³-hybridized carbons (Fsp3) is 0.350. The van der Waals surface area contributed by atoms with Crippen LogP contribution in [-0.4, -0.2) is 36.4 Å². The molecule has 0 amide bonds. The number of sulfone groups is 1. The van der Waals surface area contributed by atoms with Crippen LogP contribution in [0.3, 0.4) is 0 Å². The van der Waals surface area contributed by atoms with Crippen molar-refractivity contribution in [1.82, 2.24) is 0 Å². The van der Waals surface area contributed by atoms with Gasteiger partial charge < -0.3 is 4.90 Å². The van der Waals surface area contributed by atoms with Gasteiger partial charge in [0.2, 0.25) is 0 Å². The maximum Gasteiger partial charge on any atom is 0.164 e. The number of halogens is 1. The summed E-state index contributed by atoms with van der Waals surface area (Å²) < 4.78 is 23.8. The molecule has 1 saturated heterocycles. The first-order chi connectivity index (χ1) is 12.9. The Morgan fingerprint density at radius 2 is 1.93 bits per heavy atom. The van der Waals surface area contributed by atoms with E-state index in [1.165, 1.54) is 5.56 Å². The normalized spacial score (nSPS) is 23.1. The number of amidine groups is 1. The van der Waals surface area contributed by atoms with Crippen LogP contribution in [0.4, 0.5) is 5.69 Å². The Kier molecular flexibility index (Phi) is 5.23. The van der Waals surface area contributed by atoms with Gasteiger partial charge in [0.1, 0.15) is 0 Å². The van der Waals surface area contributed by atoms with E-state index < -0.39 is 9.84 Å². The number of aryl methyl sites for hydroxylation is 1. The third-order valence-corrected chi connectivity index (χ3v) is 8.40. The summed E-state index contributed by atoms with van der Waals surface area (Å²) in [6.07, 6.45) is 0.992. The average Bonchev–Trinajstić information content (AvgIpc) is 3.13. The molecule has 142 valence electrons. The minimum absolute atomic E-state index is 0.0294. The van der Waals surface area contributed by atoms with Crippen molar-refractivity contribution in [3.8, 4) is 0 Å². The summed E-state index contributed by atoms with van der Waals surface area (Å²) in [5.41, 5.74) is 3.43. The lowest BCUT2D eigenvalue weighted by Gasteiger charge is -2.25. The Balaban J connectivity index is 1.66. The highest BCUT2D eigenvalue weighted by atomic mass is 35.5. The first kappa shape index (κ1) is 18.8. The molecule has 2 aromatic carbocycles. The van der Waals surface area contributed by atoms with E-state index in [1.54, 1.807) is 11.8 Å². The Labute approximate surface area is 169 Å². The molecule has 0 radical (unpaired) electrons. The van der Waals surface area contributed by atoms with Gasteiger partial charge in [-0.15, -0.1) is 0 Å². The number of thioether (sulfide) groups is 1. The first-order valence-electron chi connectivity index (χ1n) is 8.99. The summed E-state index contributed by atoms with van der Waals surface area (Å²) in [5, 5.41) is 1.63. The van der Waals surface area contributed by atoms with Crippen molar-refractivity contribution < 1.29 is 8.42 Å². The zero-order valence-corrected chi connectivity index (χ0v) is 17.4. The molecule has 27 heavy (non-hydrogen) atoms. The van der Waals surface area contributed by atoms with Crippen molar-refractivity contribution in [2.75, 3.05) is 16.4 Å². The van der Waals surface area contributed by atoms with Gasteiger partial charge in [-0.05, 0) is 41.8 Å². The number of hydrogen-bond donors (Lipinski definition) is 0. The highest BCUT2D eigenvalue weighted by molar-refractivity contribution is 8.15. The molecular weight excluding hydrogens is 400 g/mol. The summed E-state index contributed by atoms with van der Waals surface area (Å²) in [5.74, 6) is 0.378. The molecule has 2 aromatic rings. The molecule has 0 aromatic heterocycles. The van der Waals surface area contributed by atoms with Crippen LogP contribution in [0.15, 0.2) is 53.5 Å². The topological polar surface area (TPSA) is 49.7 Å². The fourth-order valence-electron chi connectivity index (χ4n) is 3.47. The molecule has 0 bridgehead atoms. The molecule has 7 heteroatoms. The largest absolute Gasteiger partial charge is 0.317 e. The van der Waals surface area contributed by atoms with Gasteiger partial charge in [0.05, 0.1) is 24.1 Å². The highest BCUT2D eigenvalue weighted by Gasteiger charge is 2.44. The quantitative estimate of drug-likeness (QED) is 0.744. The van der Waals surface area contributed by atoms with E-state index in [1.807, 2.05) is 24.3 Å². The van der Waals surface area contributed by atoms with Crippen LogP contribution in [0.1, 0.15) is 18.1 Å². The molecule has 0 unspecified atom stereocenters. The smallest absolute Gasteiger partial charge is 0.164 e. The molecule has 4 rings (SSSR count). The molecule has 0 saturated carbocycles. The van der Waals surface area contributed by atoms with E-state index in [9.17, 15) is 8.42 Å². The van der Waals surface area contributed by atoms with Gasteiger partial charge in [-0.25, -0.2) is 8.42 Å². The van der Waals surface area contributed by atoms with Crippen LogP contribution in [-0.2, 0) is 22.8 Å². The van der Waals surface area contributed by atoms with Crippen molar-refractivity contribution in [3.63, 3.8) is 0 Å². The Morgan fingerprint density at radius 1 is 1.15 bits per heavy atom. The van der Waals surface area contributed by atoms with E-state index >= 15 is 0 Å². The van der Waals surface area contributed by atoms with Crippen molar-refractivity contribution in [2.24, 2.45) is 4.99 Å². The van der Waals surface area contributed by atoms with Gasteiger partial charge in [-0.3, -0.25) is 4.99 Å². The SMILES string of the molecule is CCc1ccc(N(Cc2cccc(Cl)c2)C2=N[C@H]3CS(=O)(=O)C[C@H]3S2)cc1. The van der Waals surface area contributed by atoms with E-state index in [-0.39, 0.29) is 22.8 Å². The van der Waals surface area contributed by atoms with Gasteiger partial charge in [0.15, 0.2) is 15.0 Å². The Morgan fingerprint density at radius 3 is 2.59 bits per heavy atom. The monoisotopic (exact) mass is 420 g/mol. The molecule has 2 atom stereocenters. The summed E-state index contributed by atoms with van der Waals surface area (Å²) >= 11 is 7.75. The van der Waals surface area contributed by atoms with Crippen LogP contribution in [0.25, 0.3) is 0 Å². The van der Waals surface area contributed by atoms with Gasteiger partial charge in [0, 0.05) is 16.0 Å². The highest BCUT2D eigenvalue weighted by Crippen LogP contribution is 2.37. The summed E-state index contributed by atoms with van der Waals surface area (Å²) in [7, 11) is -2.96. The second kappa shape index (κ2) is 7.49. The molecule has 1 fully saturated rings. The predicted molar refractivity (Wildman–Crippen MR) is 115 cm³/mol. The number of aliphatic imine (C=N–C) groups is 1. The molecule has 2 heterocycles. The Hall–Kier alpha value is -1.50. The van der Waals surface area contributed by atoms with Crippen LogP contribution in [0.5, 0.6) is 0 Å². The van der Waals surface area contributed by atoms with Crippen LogP contribution in [0.2, 0.25) is 5.02 Å². The van der Waals surface area contributed by atoms with Gasteiger partial charge in [-0.2, -0.15) is 0 Å². The number of hydrogen-bond acceptors (Lipinski definition) is 5. The summed E-state index contributed by atoms with van der Waals surface area (Å²) in [4.78, 5) is 6.94. The maximum absolute atomic E-state index is 11.9. The number of nitrogens with zero attached hydrogens (tertiary/aromatic N) is 2. The summed E-state index contributed by atoms with van der Waals surface area (Å²) in [6, 6.07) is 16.2. The molecular formula is C20H21ClN2O2S2. The predicted octanol–water partition coefficient (Wildman–Crippen LogP) is 4.18. The zero-order valence-electron chi connectivity index (χ0n) is 15.0. The third-order valence-electron chi connectivity index (χ3n) is 4.92. The number of anilines is 1. The van der Waals surface area contributed by atoms with Crippen molar-refractivity contribution in [1.29, 1.82) is 0 Å². The second-order valence-electron chi connectivity index (χ2n) is 6.95. The standard InChI is InChI=1S/C20H21ClN2O2S2/c1-2-14-6-8-17(9-7-14)23(11-15-4-3-5-16(21)10-15)20-22-18-12-27(24,25)13-19(18)26-20/h3-10,18-19H,2,11-13H2,1H3/t18-,19+/m0/s1. The number of fused-ring (bicyclic) bond motifs is 1. The van der Waals surface area contributed by atoms with Gasteiger partial charge in [-0.1, -0.05) is 54.6 Å². The maximum atomic E-state index is 11.9. The van der Waals surface area contributed by atoms with Crippen LogP contribution < -0.4 is 4.90 Å². The first-order valence-corrected chi connectivity index (χ1v) is 12.1. The molecule has 0 aliphatic carbocycles. The van der Waals surface area contributed by atoms with E-state index in [4.69, 9.17) is 16.6 Å². The lowest BCUT2D eigenvalue weighted by Crippen LogP contribution is -2.28. The van der Waals surface area contributed by atoms with Crippen molar-refractivity contribution >= 4 is 44.1 Å². The molecule has 4 nitrogen and oxygen atoms in total. The van der Waals surface area contributed by atoms with Crippen molar-refractivity contribution in [3.05, 3.63) is 64.7 Å². The van der Waals surface area contributed by atoms with E-state index in [0.717, 1.165) is 22.8 Å². The van der Waals surface area contributed by atoms with Crippen LogP contribution >= 0.6 is 23.4 Å². The van der Waals surface area contributed by atoms with Gasteiger partial charge in [0.25, 0.3) is 0 Å².